The third kappa shape index (κ3) is 2.78. The third-order valence-corrected chi connectivity index (χ3v) is 2.41. The van der Waals surface area contributed by atoms with Gasteiger partial charge < -0.3 is 9.47 Å². The molecule has 0 bridgehead atoms. The fourth-order valence-corrected chi connectivity index (χ4v) is 1.47. The van der Waals surface area contributed by atoms with Crippen LogP contribution in [0.5, 0.6) is 0 Å². The van der Waals surface area contributed by atoms with Gasteiger partial charge in [0.05, 0.1) is 6.61 Å². The second kappa shape index (κ2) is 5.05. The van der Waals surface area contributed by atoms with E-state index in [4.69, 9.17) is 9.47 Å². The van der Waals surface area contributed by atoms with Crippen LogP contribution in [0.25, 0.3) is 0 Å². The Balaban J connectivity index is 1.88. The van der Waals surface area contributed by atoms with Crippen LogP contribution >= 0.6 is 0 Å². The zero-order valence-electron chi connectivity index (χ0n) is 9.13. The minimum Gasteiger partial charge on any atom is -0.344 e. The van der Waals surface area contributed by atoms with Crippen LogP contribution in [0.15, 0.2) is 42.5 Å². The van der Waals surface area contributed by atoms with Crippen molar-refractivity contribution in [1.82, 2.24) is 0 Å². The Bertz CT molecular complexity index is 383. The second-order valence-corrected chi connectivity index (χ2v) is 3.70. The maximum atomic E-state index is 11.1. The van der Waals surface area contributed by atoms with Gasteiger partial charge in [-0.2, -0.15) is 0 Å². The molecule has 0 spiro atoms. The summed E-state index contributed by atoms with van der Waals surface area (Å²) in [5.74, 6) is -0.0143. The van der Waals surface area contributed by atoms with Crippen molar-refractivity contribution in [3.05, 3.63) is 48.0 Å². The first kappa shape index (κ1) is 11.0. The lowest BCUT2D eigenvalue weighted by atomic mass is 10.2. The smallest absolute Gasteiger partial charge is 0.184 e. The molecule has 16 heavy (non-hydrogen) atoms. The third-order valence-electron chi connectivity index (χ3n) is 2.41. The molecule has 0 aromatic heterocycles. The molecule has 3 heteroatoms. The van der Waals surface area contributed by atoms with Crippen molar-refractivity contribution in [3.63, 3.8) is 0 Å². The zero-order valence-corrected chi connectivity index (χ0v) is 9.13. The van der Waals surface area contributed by atoms with Crippen LogP contribution in [-0.2, 0) is 20.9 Å². The summed E-state index contributed by atoms with van der Waals surface area (Å²) in [6.45, 7) is 2.21. The maximum Gasteiger partial charge on any atom is 0.184 e. The zero-order chi connectivity index (χ0) is 11.4. The lowest BCUT2D eigenvalue weighted by Gasteiger charge is -2.22. The van der Waals surface area contributed by atoms with Crippen LogP contribution in [-0.4, -0.2) is 18.2 Å². The molecule has 0 unspecified atom stereocenters. The highest BCUT2D eigenvalue weighted by Gasteiger charge is 2.20. The molecule has 1 aliphatic heterocycles. The van der Waals surface area contributed by atoms with Crippen LogP contribution in [0, 0.1) is 0 Å². The normalized spacial score (nSPS) is 24.7. The van der Waals surface area contributed by atoms with Crippen LogP contribution in [0.2, 0.25) is 0 Å². The SMILES string of the molecule is C[C@@H]1O[C@@H](OCc2ccccc2)C=CC1=O. The largest absolute Gasteiger partial charge is 0.344 e. The van der Waals surface area contributed by atoms with E-state index in [-0.39, 0.29) is 5.78 Å². The van der Waals surface area contributed by atoms with Crippen molar-refractivity contribution in [2.45, 2.75) is 25.9 Å². The van der Waals surface area contributed by atoms with Gasteiger partial charge >= 0.3 is 0 Å². The molecule has 1 aromatic rings. The first-order valence-corrected chi connectivity index (χ1v) is 5.29. The van der Waals surface area contributed by atoms with Gasteiger partial charge in [0.15, 0.2) is 12.1 Å². The van der Waals surface area contributed by atoms with E-state index in [1.54, 1.807) is 13.0 Å². The molecule has 0 saturated heterocycles. The summed E-state index contributed by atoms with van der Waals surface area (Å²) in [5.41, 5.74) is 1.09. The molecular weight excluding hydrogens is 204 g/mol. The summed E-state index contributed by atoms with van der Waals surface area (Å²) in [6, 6.07) is 9.86. The first-order valence-electron chi connectivity index (χ1n) is 5.29. The van der Waals surface area contributed by atoms with Gasteiger partial charge in [0.25, 0.3) is 0 Å². The number of ether oxygens (including phenoxy) is 2. The van der Waals surface area contributed by atoms with Crippen LogP contribution in [0.3, 0.4) is 0 Å². The predicted octanol–water partition coefficient (Wildman–Crippen LogP) is 2.07. The Morgan fingerprint density at radius 2 is 2.06 bits per heavy atom. The summed E-state index contributed by atoms with van der Waals surface area (Å²) < 4.78 is 10.9. The van der Waals surface area contributed by atoms with E-state index in [1.807, 2.05) is 30.3 Å². The van der Waals surface area contributed by atoms with Gasteiger partial charge in [-0.25, -0.2) is 0 Å². The van der Waals surface area contributed by atoms with E-state index in [2.05, 4.69) is 0 Å². The Hall–Kier alpha value is -1.45. The minimum absolute atomic E-state index is 0.0143. The topological polar surface area (TPSA) is 35.5 Å². The molecule has 2 rings (SSSR count). The van der Waals surface area contributed by atoms with Gasteiger partial charge in [-0.3, -0.25) is 4.79 Å². The minimum atomic E-state index is -0.423. The Kier molecular flexibility index (Phi) is 3.49. The van der Waals surface area contributed by atoms with Gasteiger partial charge in [-0.1, -0.05) is 30.3 Å². The van der Waals surface area contributed by atoms with Gasteiger partial charge in [-0.15, -0.1) is 0 Å². The molecule has 0 N–H and O–H groups in total. The molecule has 0 saturated carbocycles. The van der Waals surface area contributed by atoms with E-state index in [0.29, 0.717) is 6.61 Å². The van der Waals surface area contributed by atoms with E-state index in [1.165, 1.54) is 6.08 Å². The number of hydrogen-bond acceptors (Lipinski definition) is 3. The molecule has 0 fully saturated rings. The lowest BCUT2D eigenvalue weighted by molar-refractivity contribution is -0.163. The van der Waals surface area contributed by atoms with Crippen molar-refractivity contribution in [2.24, 2.45) is 0 Å². The van der Waals surface area contributed by atoms with Crippen molar-refractivity contribution >= 4 is 5.78 Å². The maximum absolute atomic E-state index is 11.1. The van der Waals surface area contributed by atoms with E-state index < -0.39 is 12.4 Å². The number of ketones is 1. The average Bonchev–Trinajstić information content (AvgIpc) is 2.32. The molecular formula is C13H14O3. The van der Waals surface area contributed by atoms with E-state index in [9.17, 15) is 4.79 Å². The first-order chi connectivity index (χ1) is 7.75. The molecule has 0 aliphatic carbocycles. The Morgan fingerprint density at radius 3 is 2.75 bits per heavy atom. The van der Waals surface area contributed by atoms with Crippen molar-refractivity contribution in [3.8, 4) is 0 Å². The van der Waals surface area contributed by atoms with Gasteiger partial charge in [0.1, 0.15) is 6.10 Å². The predicted molar refractivity (Wildman–Crippen MR) is 59.7 cm³/mol. The molecule has 1 aromatic carbocycles. The molecule has 0 radical (unpaired) electrons. The fourth-order valence-electron chi connectivity index (χ4n) is 1.47. The average molecular weight is 218 g/mol. The number of carbonyl (C=O) groups excluding carboxylic acids is 1. The highest BCUT2D eigenvalue weighted by atomic mass is 16.7. The fraction of sp³-hybridized carbons (Fsp3) is 0.308. The van der Waals surface area contributed by atoms with Crippen molar-refractivity contribution in [2.75, 3.05) is 0 Å². The summed E-state index contributed by atoms with van der Waals surface area (Å²) in [5, 5.41) is 0. The number of hydrogen-bond donors (Lipinski definition) is 0. The number of carbonyl (C=O) groups is 1. The second-order valence-electron chi connectivity index (χ2n) is 3.70. The van der Waals surface area contributed by atoms with Gasteiger partial charge in [0.2, 0.25) is 0 Å². The standard InChI is InChI=1S/C13H14O3/c1-10-12(14)7-8-13(16-10)15-9-11-5-3-2-4-6-11/h2-8,10,13H,9H2,1H3/t10-,13+/m0/s1. The van der Waals surface area contributed by atoms with E-state index >= 15 is 0 Å². The molecule has 3 nitrogen and oxygen atoms in total. The number of benzene rings is 1. The lowest BCUT2D eigenvalue weighted by Crippen LogP contribution is -2.30. The van der Waals surface area contributed by atoms with Crippen molar-refractivity contribution < 1.29 is 14.3 Å². The summed E-state index contributed by atoms with van der Waals surface area (Å²) in [4.78, 5) is 11.1. The van der Waals surface area contributed by atoms with Gasteiger partial charge in [0, 0.05) is 0 Å². The highest BCUT2D eigenvalue weighted by molar-refractivity contribution is 5.93. The molecule has 2 atom stereocenters. The Labute approximate surface area is 94.7 Å². The molecule has 1 heterocycles. The Morgan fingerprint density at radius 1 is 1.31 bits per heavy atom. The molecule has 0 amide bonds. The molecule has 84 valence electrons. The summed E-state index contributed by atoms with van der Waals surface area (Å²) in [6.07, 6.45) is 2.33. The van der Waals surface area contributed by atoms with Crippen LogP contribution in [0.4, 0.5) is 0 Å². The monoisotopic (exact) mass is 218 g/mol. The molecule has 1 aliphatic rings. The van der Waals surface area contributed by atoms with Gasteiger partial charge in [-0.05, 0) is 24.6 Å². The number of rotatable bonds is 3. The summed E-state index contributed by atoms with van der Waals surface area (Å²) in [7, 11) is 0. The highest BCUT2D eigenvalue weighted by Crippen LogP contribution is 2.12. The summed E-state index contributed by atoms with van der Waals surface area (Å²) >= 11 is 0. The van der Waals surface area contributed by atoms with Crippen LogP contribution < -0.4 is 0 Å². The quantitative estimate of drug-likeness (QED) is 0.779. The van der Waals surface area contributed by atoms with E-state index in [0.717, 1.165) is 5.56 Å². The van der Waals surface area contributed by atoms with Crippen molar-refractivity contribution in [1.29, 1.82) is 0 Å². The van der Waals surface area contributed by atoms with Crippen LogP contribution in [0.1, 0.15) is 12.5 Å².